The van der Waals surface area contributed by atoms with Gasteiger partial charge in [0, 0.05) is 25.3 Å². The van der Waals surface area contributed by atoms with Crippen LogP contribution in [0.3, 0.4) is 0 Å². The number of halogens is 1. The van der Waals surface area contributed by atoms with E-state index in [4.69, 9.17) is 5.73 Å². The van der Waals surface area contributed by atoms with Crippen LogP contribution in [0.25, 0.3) is 0 Å². The van der Waals surface area contributed by atoms with Crippen LogP contribution in [0.4, 0.5) is 11.4 Å². The van der Waals surface area contributed by atoms with Crippen molar-refractivity contribution in [1.29, 1.82) is 0 Å². The van der Waals surface area contributed by atoms with Crippen molar-refractivity contribution in [2.45, 2.75) is 31.7 Å². The van der Waals surface area contributed by atoms with Crippen molar-refractivity contribution < 1.29 is 0 Å². The number of rotatable bonds is 5. The highest BCUT2D eigenvalue weighted by Gasteiger charge is 2.18. The summed E-state index contributed by atoms with van der Waals surface area (Å²) in [6.07, 6.45) is 8.89. The second kappa shape index (κ2) is 6.38. The van der Waals surface area contributed by atoms with Crippen molar-refractivity contribution in [3.05, 3.63) is 16.9 Å². The van der Waals surface area contributed by atoms with Crippen molar-refractivity contribution in [3.63, 3.8) is 0 Å². The van der Waals surface area contributed by atoms with Gasteiger partial charge in [-0.2, -0.15) is 0 Å². The molecule has 0 aromatic carbocycles. The lowest BCUT2D eigenvalue weighted by Gasteiger charge is -2.24. The van der Waals surface area contributed by atoms with E-state index in [0.29, 0.717) is 5.69 Å². The predicted octanol–water partition coefficient (Wildman–Crippen LogP) is 2.71. The minimum Gasteiger partial charge on any atom is -0.396 e. The third-order valence-electron chi connectivity index (χ3n) is 3.64. The lowest BCUT2D eigenvalue weighted by Crippen LogP contribution is -2.33. The van der Waals surface area contributed by atoms with E-state index >= 15 is 0 Å². The molecule has 0 saturated heterocycles. The molecule has 0 amide bonds. The summed E-state index contributed by atoms with van der Waals surface area (Å²) < 4.78 is 0.922. The van der Waals surface area contributed by atoms with Crippen molar-refractivity contribution in [1.82, 2.24) is 9.88 Å². The molecule has 1 aromatic heterocycles. The second-order valence-electron chi connectivity index (χ2n) is 4.93. The van der Waals surface area contributed by atoms with Crippen LogP contribution in [0.2, 0.25) is 0 Å². The maximum atomic E-state index is 5.89. The van der Waals surface area contributed by atoms with E-state index < -0.39 is 0 Å². The molecule has 1 aliphatic carbocycles. The number of nitrogen functional groups attached to an aromatic ring is 1. The summed E-state index contributed by atoms with van der Waals surface area (Å²) >= 11 is 3.46. The smallest absolute Gasteiger partial charge is 0.0750 e. The monoisotopic (exact) mass is 312 g/mol. The molecule has 0 aliphatic heterocycles. The zero-order chi connectivity index (χ0) is 13.0. The van der Waals surface area contributed by atoms with Crippen molar-refractivity contribution >= 4 is 27.3 Å². The molecule has 0 atom stereocenters. The minimum atomic E-state index is 0.688. The van der Waals surface area contributed by atoms with Gasteiger partial charge in [0.2, 0.25) is 0 Å². The predicted molar refractivity (Wildman–Crippen MR) is 79.7 cm³/mol. The Kier molecular flexibility index (Phi) is 4.83. The van der Waals surface area contributed by atoms with Gasteiger partial charge < -0.3 is 16.0 Å². The number of aromatic nitrogens is 1. The Morgan fingerprint density at radius 2 is 2.17 bits per heavy atom. The van der Waals surface area contributed by atoms with Crippen LogP contribution in [0.15, 0.2) is 16.9 Å². The molecule has 0 radical (unpaired) electrons. The topological polar surface area (TPSA) is 54.2 Å². The molecule has 100 valence electrons. The van der Waals surface area contributed by atoms with Crippen LogP contribution in [0, 0.1) is 0 Å². The van der Waals surface area contributed by atoms with Crippen LogP contribution in [0.1, 0.15) is 25.7 Å². The van der Waals surface area contributed by atoms with Crippen molar-refractivity contribution in [3.8, 4) is 0 Å². The fourth-order valence-electron chi connectivity index (χ4n) is 2.52. The SMILES string of the molecule is CN(CCNc1c(N)cncc1Br)C1CCCC1. The fourth-order valence-corrected chi connectivity index (χ4v) is 3.01. The van der Waals surface area contributed by atoms with Crippen molar-refractivity contribution in [2.75, 3.05) is 31.2 Å². The van der Waals surface area contributed by atoms with E-state index in [1.807, 2.05) is 0 Å². The Morgan fingerprint density at radius 3 is 2.83 bits per heavy atom. The van der Waals surface area contributed by atoms with Crippen LogP contribution in [-0.2, 0) is 0 Å². The Labute approximate surface area is 117 Å². The highest BCUT2D eigenvalue weighted by molar-refractivity contribution is 9.10. The molecule has 0 unspecified atom stereocenters. The standard InChI is InChI=1S/C13H21BrN4/c1-18(10-4-2-3-5-10)7-6-17-13-11(14)8-16-9-12(13)15/h8-10H,2-7,15H2,1H3,(H,16,17). The summed E-state index contributed by atoms with van der Waals surface area (Å²) in [6.45, 7) is 1.94. The van der Waals surface area contributed by atoms with Gasteiger partial charge in [0.05, 0.1) is 22.0 Å². The van der Waals surface area contributed by atoms with Crippen LogP contribution < -0.4 is 11.1 Å². The molecule has 1 heterocycles. The molecule has 4 nitrogen and oxygen atoms in total. The average Bonchev–Trinajstić information content (AvgIpc) is 2.86. The fraction of sp³-hybridized carbons (Fsp3) is 0.615. The van der Waals surface area contributed by atoms with Gasteiger partial charge in [-0.1, -0.05) is 12.8 Å². The first kappa shape index (κ1) is 13.6. The number of nitrogens with two attached hydrogens (primary N) is 1. The summed E-state index contributed by atoms with van der Waals surface area (Å²) in [5.41, 5.74) is 7.53. The molecule has 1 saturated carbocycles. The van der Waals surface area contributed by atoms with Gasteiger partial charge in [0.1, 0.15) is 0 Å². The Balaban J connectivity index is 1.81. The number of hydrogen-bond donors (Lipinski definition) is 2. The normalized spacial score (nSPS) is 16.4. The molecule has 0 spiro atoms. The Hall–Kier alpha value is -0.810. The first-order valence-corrected chi connectivity index (χ1v) is 7.31. The zero-order valence-electron chi connectivity index (χ0n) is 10.8. The van der Waals surface area contributed by atoms with E-state index in [1.165, 1.54) is 25.7 Å². The van der Waals surface area contributed by atoms with E-state index in [-0.39, 0.29) is 0 Å². The highest BCUT2D eigenvalue weighted by atomic mass is 79.9. The number of nitrogens with zero attached hydrogens (tertiary/aromatic N) is 2. The molecule has 3 N–H and O–H groups in total. The number of hydrogen-bond acceptors (Lipinski definition) is 4. The van der Waals surface area contributed by atoms with Gasteiger partial charge >= 0.3 is 0 Å². The molecule has 0 bridgehead atoms. The molecular formula is C13H21BrN4. The summed E-state index contributed by atoms with van der Waals surface area (Å²) in [4.78, 5) is 6.48. The summed E-state index contributed by atoms with van der Waals surface area (Å²) in [5.74, 6) is 0. The zero-order valence-corrected chi connectivity index (χ0v) is 12.4. The van der Waals surface area contributed by atoms with Crippen molar-refractivity contribution in [2.24, 2.45) is 0 Å². The summed E-state index contributed by atoms with van der Waals surface area (Å²) in [5, 5.41) is 3.38. The molecule has 5 heteroatoms. The van der Waals surface area contributed by atoms with E-state index in [2.05, 4.69) is 38.2 Å². The number of anilines is 2. The average molecular weight is 313 g/mol. The van der Waals surface area contributed by atoms with Gasteiger partial charge in [-0.3, -0.25) is 4.98 Å². The molecule has 18 heavy (non-hydrogen) atoms. The highest BCUT2D eigenvalue weighted by Crippen LogP contribution is 2.27. The van der Waals surface area contributed by atoms with E-state index in [1.54, 1.807) is 12.4 Å². The quantitative estimate of drug-likeness (QED) is 0.877. The van der Waals surface area contributed by atoms with E-state index in [0.717, 1.165) is 29.3 Å². The van der Waals surface area contributed by atoms with Gasteiger partial charge in [0.15, 0.2) is 0 Å². The Bertz CT molecular complexity index is 370. The second-order valence-corrected chi connectivity index (χ2v) is 5.79. The third-order valence-corrected chi connectivity index (χ3v) is 4.24. The first-order valence-electron chi connectivity index (χ1n) is 6.51. The number of pyridine rings is 1. The summed E-state index contributed by atoms with van der Waals surface area (Å²) in [6, 6.07) is 0.769. The van der Waals surface area contributed by atoms with Crippen LogP contribution in [-0.4, -0.2) is 36.1 Å². The largest absolute Gasteiger partial charge is 0.396 e. The van der Waals surface area contributed by atoms with Gasteiger partial charge in [0.25, 0.3) is 0 Å². The maximum absolute atomic E-state index is 5.89. The first-order chi connectivity index (χ1) is 8.68. The van der Waals surface area contributed by atoms with Crippen LogP contribution in [0.5, 0.6) is 0 Å². The molecule has 1 aliphatic rings. The van der Waals surface area contributed by atoms with E-state index in [9.17, 15) is 0 Å². The van der Waals surface area contributed by atoms with Gasteiger partial charge in [-0.25, -0.2) is 0 Å². The number of likely N-dealkylation sites (N-methyl/N-ethyl adjacent to an activating group) is 1. The number of nitrogens with one attached hydrogen (secondary N) is 1. The molecule has 1 aromatic rings. The van der Waals surface area contributed by atoms with Gasteiger partial charge in [-0.05, 0) is 35.8 Å². The minimum absolute atomic E-state index is 0.688. The maximum Gasteiger partial charge on any atom is 0.0750 e. The molecule has 1 fully saturated rings. The lowest BCUT2D eigenvalue weighted by molar-refractivity contribution is 0.254. The molecular weight excluding hydrogens is 292 g/mol. The van der Waals surface area contributed by atoms with Gasteiger partial charge in [-0.15, -0.1) is 0 Å². The molecule has 2 rings (SSSR count). The summed E-state index contributed by atoms with van der Waals surface area (Å²) in [7, 11) is 2.21. The third kappa shape index (κ3) is 3.36. The lowest BCUT2D eigenvalue weighted by atomic mass is 10.2. The Morgan fingerprint density at radius 1 is 1.44 bits per heavy atom. The van der Waals surface area contributed by atoms with Crippen LogP contribution >= 0.6 is 15.9 Å².